The fourth-order valence-corrected chi connectivity index (χ4v) is 1.63. The third-order valence-corrected chi connectivity index (χ3v) is 3.24. The molecule has 1 amide bonds. The molecule has 0 fully saturated rings. The molecule has 0 aliphatic rings. The number of benzene rings is 1. The first kappa shape index (κ1) is 14.9. The molecule has 0 atom stereocenters. The molecule has 0 bridgehead atoms. The van der Waals surface area contributed by atoms with E-state index in [1.165, 1.54) is 12.1 Å². The number of halogens is 1. The molecule has 0 saturated heterocycles. The molecule has 0 heterocycles. The van der Waals surface area contributed by atoms with Crippen LogP contribution in [0.3, 0.4) is 0 Å². The van der Waals surface area contributed by atoms with E-state index < -0.39 is 31.3 Å². The largest absolute Gasteiger partial charge is 0.398 e. The topological polar surface area (TPSA) is 116 Å². The van der Waals surface area contributed by atoms with Crippen LogP contribution in [0.4, 0.5) is 5.69 Å². The summed E-state index contributed by atoms with van der Waals surface area (Å²) in [5.74, 6) is -0.521. The molecule has 1 aromatic rings. The molecule has 6 nitrogen and oxygen atoms in total. The standard InChI is InChI=1S/C11H15BrN2O4/c12-8-3-7(1-2-9(8)13)10(18)14-11(4-15,5-16)6-17/h1-3,15-17H,4-6,13H2,(H,14,18). The minimum absolute atomic E-state index is 0.302. The van der Waals surface area contributed by atoms with Crippen molar-refractivity contribution in [3.63, 3.8) is 0 Å². The van der Waals surface area contributed by atoms with Crippen LogP contribution in [0.1, 0.15) is 10.4 Å². The van der Waals surface area contributed by atoms with E-state index >= 15 is 0 Å². The number of nitrogen functional groups attached to an aromatic ring is 1. The predicted molar refractivity (Wildman–Crippen MR) is 70.0 cm³/mol. The lowest BCUT2D eigenvalue weighted by atomic mass is 10.0. The first-order valence-corrected chi connectivity index (χ1v) is 5.97. The normalized spacial score (nSPS) is 11.3. The van der Waals surface area contributed by atoms with Gasteiger partial charge in [0.2, 0.25) is 0 Å². The molecule has 0 aliphatic carbocycles. The van der Waals surface area contributed by atoms with Gasteiger partial charge in [0, 0.05) is 15.7 Å². The molecule has 1 rings (SSSR count). The quantitative estimate of drug-likeness (QED) is 0.468. The van der Waals surface area contributed by atoms with Crippen LogP contribution in [0.5, 0.6) is 0 Å². The van der Waals surface area contributed by atoms with Gasteiger partial charge in [-0.2, -0.15) is 0 Å². The third kappa shape index (κ3) is 3.20. The number of amides is 1. The lowest BCUT2D eigenvalue weighted by molar-refractivity contribution is 0.0375. The zero-order valence-electron chi connectivity index (χ0n) is 9.56. The van der Waals surface area contributed by atoms with Crippen molar-refractivity contribution in [2.24, 2.45) is 0 Å². The highest BCUT2D eigenvalue weighted by atomic mass is 79.9. The average Bonchev–Trinajstić information content (AvgIpc) is 2.39. The molecule has 7 heteroatoms. The maximum atomic E-state index is 11.9. The van der Waals surface area contributed by atoms with Crippen molar-refractivity contribution in [3.8, 4) is 0 Å². The fourth-order valence-electron chi connectivity index (χ4n) is 1.25. The zero-order valence-corrected chi connectivity index (χ0v) is 11.1. The second kappa shape index (κ2) is 6.14. The second-order valence-electron chi connectivity index (χ2n) is 3.95. The van der Waals surface area contributed by atoms with Gasteiger partial charge in [0.1, 0.15) is 5.54 Å². The second-order valence-corrected chi connectivity index (χ2v) is 4.80. The first-order valence-electron chi connectivity index (χ1n) is 5.18. The van der Waals surface area contributed by atoms with Gasteiger partial charge in [-0.25, -0.2) is 0 Å². The highest BCUT2D eigenvalue weighted by molar-refractivity contribution is 9.10. The Morgan fingerprint density at radius 2 is 1.83 bits per heavy atom. The lowest BCUT2D eigenvalue weighted by Gasteiger charge is -2.28. The Morgan fingerprint density at radius 3 is 2.28 bits per heavy atom. The molecular weight excluding hydrogens is 304 g/mol. The molecule has 100 valence electrons. The Bertz CT molecular complexity index is 427. The van der Waals surface area contributed by atoms with Crippen LogP contribution in [0, 0.1) is 0 Å². The van der Waals surface area contributed by atoms with Crippen molar-refractivity contribution in [3.05, 3.63) is 28.2 Å². The Morgan fingerprint density at radius 1 is 1.28 bits per heavy atom. The number of aliphatic hydroxyl groups excluding tert-OH is 3. The molecule has 18 heavy (non-hydrogen) atoms. The van der Waals surface area contributed by atoms with Crippen molar-refractivity contribution in [2.45, 2.75) is 5.54 Å². The van der Waals surface area contributed by atoms with Gasteiger partial charge in [-0.1, -0.05) is 0 Å². The Kier molecular flexibility index (Phi) is 5.09. The predicted octanol–water partition coefficient (Wildman–Crippen LogP) is -0.523. The summed E-state index contributed by atoms with van der Waals surface area (Å²) in [5.41, 5.74) is 4.95. The summed E-state index contributed by atoms with van der Waals surface area (Å²) >= 11 is 3.19. The van der Waals surface area contributed by atoms with Crippen molar-refractivity contribution in [1.29, 1.82) is 0 Å². The van der Waals surface area contributed by atoms with Gasteiger partial charge in [0.15, 0.2) is 0 Å². The van der Waals surface area contributed by atoms with Gasteiger partial charge in [0.05, 0.1) is 19.8 Å². The Hall–Kier alpha value is -1.15. The maximum Gasteiger partial charge on any atom is 0.251 e. The number of rotatable bonds is 5. The van der Waals surface area contributed by atoms with E-state index in [0.717, 1.165) is 0 Å². The van der Waals surface area contributed by atoms with E-state index in [0.29, 0.717) is 15.7 Å². The number of carbonyl (C=O) groups is 1. The van der Waals surface area contributed by atoms with Gasteiger partial charge in [0.25, 0.3) is 5.91 Å². The van der Waals surface area contributed by atoms with Crippen molar-refractivity contribution >= 4 is 27.5 Å². The summed E-state index contributed by atoms with van der Waals surface area (Å²) in [6.07, 6.45) is 0. The van der Waals surface area contributed by atoms with Crippen LogP contribution in [-0.4, -0.2) is 46.6 Å². The molecule has 0 aromatic heterocycles. The van der Waals surface area contributed by atoms with Crippen molar-refractivity contribution in [2.75, 3.05) is 25.6 Å². The summed E-state index contributed by atoms with van der Waals surface area (Å²) in [7, 11) is 0. The van der Waals surface area contributed by atoms with Crippen LogP contribution in [0.25, 0.3) is 0 Å². The van der Waals surface area contributed by atoms with Crippen LogP contribution in [-0.2, 0) is 0 Å². The molecule has 0 saturated carbocycles. The molecule has 1 aromatic carbocycles. The van der Waals surface area contributed by atoms with Gasteiger partial charge in [-0.05, 0) is 34.1 Å². The van der Waals surface area contributed by atoms with Gasteiger partial charge >= 0.3 is 0 Å². The number of anilines is 1. The summed E-state index contributed by atoms with van der Waals surface area (Å²) < 4.78 is 0.567. The average molecular weight is 319 g/mol. The van der Waals surface area contributed by atoms with E-state index in [4.69, 9.17) is 21.1 Å². The Labute approximate surface area is 113 Å². The minimum atomic E-state index is -1.44. The molecule has 0 unspecified atom stereocenters. The number of aliphatic hydroxyl groups is 3. The van der Waals surface area contributed by atoms with Crippen LogP contribution in [0.2, 0.25) is 0 Å². The summed E-state index contributed by atoms with van der Waals surface area (Å²) in [4.78, 5) is 11.9. The fraction of sp³-hybridized carbons (Fsp3) is 0.364. The van der Waals surface area contributed by atoms with Crippen LogP contribution in [0.15, 0.2) is 22.7 Å². The molecule has 0 aliphatic heterocycles. The summed E-state index contributed by atoms with van der Waals surface area (Å²) in [5, 5.41) is 29.7. The number of nitrogens with one attached hydrogen (secondary N) is 1. The first-order chi connectivity index (χ1) is 8.48. The highest BCUT2D eigenvalue weighted by Gasteiger charge is 2.30. The Balaban J connectivity index is 2.90. The smallest absolute Gasteiger partial charge is 0.251 e. The van der Waals surface area contributed by atoms with E-state index in [2.05, 4.69) is 21.2 Å². The molecule has 6 N–H and O–H groups in total. The monoisotopic (exact) mass is 318 g/mol. The van der Waals surface area contributed by atoms with Crippen molar-refractivity contribution in [1.82, 2.24) is 5.32 Å². The van der Waals surface area contributed by atoms with Crippen molar-refractivity contribution < 1.29 is 20.1 Å². The molecule has 0 radical (unpaired) electrons. The molecular formula is C11H15BrN2O4. The van der Waals surface area contributed by atoms with Crippen LogP contribution >= 0.6 is 15.9 Å². The third-order valence-electron chi connectivity index (χ3n) is 2.55. The minimum Gasteiger partial charge on any atom is -0.398 e. The number of hydrogen-bond donors (Lipinski definition) is 5. The van der Waals surface area contributed by atoms with E-state index in [-0.39, 0.29) is 0 Å². The SMILES string of the molecule is Nc1ccc(C(=O)NC(CO)(CO)CO)cc1Br. The van der Waals surface area contributed by atoms with E-state index in [1.807, 2.05) is 0 Å². The highest BCUT2D eigenvalue weighted by Crippen LogP contribution is 2.20. The molecule has 0 spiro atoms. The van der Waals surface area contributed by atoms with Crippen LogP contribution < -0.4 is 11.1 Å². The number of carbonyl (C=O) groups excluding carboxylic acids is 1. The maximum absolute atomic E-state index is 11.9. The van der Waals surface area contributed by atoms with E-state index in [1.54, 1.807) is 6.07 Å². The number of nitrogens with two attached hydrogens (primary N) is 1. The van der Waals surface area contributed by atoms with E-state index in [9.17, 15) is 4.79 Å². The summed E-state index contributed by atoms with van der Waals surface area (Å²) in [6.45, 7) is -1.70. The van der Waals surface area contributed by atoms with Gasteiger partial charge in [-0.3, -0.25) is 4.79 Å². The lowest BCUT2D eigenvalue weighted by Crippen LogP contribution is -2.57. The van der Waals surface area contributed by atoms with Gasteiger partial charge in [-0.15, -0.1) is 0 Å². The van der Waals surface area contributed by atoms with Gasteiger partial charge < -0.3 is 26.4 Å². The number of hydrogen-bond acceptors (Lipinski definition) is 5. The summed E-state index contributed by atoms with van der Waals surface area (Å²) in [6, 6.07) is 4.57. The zero-order chi connectivity index (χ0) is 13.8.